The second-order valence-corrected chi connectivity index (χ2v) is 5.74. The predicted octanol–water partition coefficient (Wildman–Crippen LogP) is 4.54. The molecule has 98 valence electrons. The number of hydrogen-bond acceptors (Lipinski definition) is 1. The van der Waals surface area contributed by atoms with Crippen LogP contribution < -0.4 is 4.90 Å². The summed E-state index contributed by atoms with van der Waals surface area (Å²) >= 11 is 3.45. The summed E-state index contributed by atoms with van der Waals surface area (Å²) in [6, 6.07) is 13.5. The number of benzene rings is 2. The van der Waals surface area contributed by atoms with Crippen molar-refractivity contribution in [3.05, 3.63) is 63.9 Å². The summed E-state index contributed by atoms with van der Waals surface area (Å²) in [5.74, 6) is -0.199. The summed E-state index contributed by atoms with van der Waals surface area (Å²) in [5, 5.41) is 0. The lowest BCUT2D eigenvalue weighted by atomic mass is 10.0. The molecule has 0 aromatic heterocycles. The van der Waals surface area contributed by atoms with Gasteiger partial charge in [-0.1, -0.05) is 40.2 Å². The largest absolute Gasteiger partial charge is 0.367 e. The lowest BCUT2D eigenvalue weighted by Gasteiger charge is -2.31. The minimum atomic E-state index is -0.199. The highest BCUT2D eigenvalue weighted by Crippen LogP contribution is 2.29. The summed E-state index contributed by atoms with van der Waals surface area (Å²) in [6.07, 6.45) is 2.33. The zero-order valence-electron chi connectivity index (χ0n) is 10.6. The van der Waals surface area contributed by atoms with Gasteiger partial charge in [-0.3, -0.25) is 0 Å². The van der Waals surface area contributed by atoms with Crippen molar-refractivity contribution in [3.8, 4) is 0 Å². The Labute approximate surface area is 121 Å². The molecule has 3 rings (SSSR count). The van der Waals surface area contributed by atoms with Crippen LogP contribution in [-0.4, -0.2) is 6.54 Å². The molecular weight excluding hydrogens is 305 g/mol. The quantitative estimate of drug-likeness (QED) is 0.785. The average molecular weight is 320 g/mol. The Hall–Kier alpha value is -1.35. The molecule has 0 unspecified atom stereocenters. The standard InChI is InChI=1S/C16H15BrFN/c17-15-10-14(18)8-7-13(15)11-19-9-3-5-12-4-1-2-6-16(12)19/h1-2,4,6-8,10H,3,5,9,11H2. The predicted molar refractivity (Wildman–Crippen MR) is 79.9 cm³/mol. The zero-order chi connectivity index (χ0) is 13.2. The fourth-order valence-corrected chi connectivity index (χ4v) is 3.11. The van der Waals surface area contributed by atoms with Crippen LogP contribution in [-0.2, 0) is 13.0 Å². The minimum absolute atomic E-state index is 0.199. The van der Waals surface area contributed by atoms with Crippen molar-refractivity contribution in [2.75, 3.05) is 11.4 Å². The summed E-state index contributed by atoms with van der Waals surface area (Å²) in [4.78, 5) is 2.37. The van der Waals surface area contributed by atoms with Gasteiger partial charge in [-0.05, 0) is 42.2 Å². The highest BCUT2D eigenvalue weighted by molar-refractivity contribution is 9.10. The van der Waals surface area contributed by atoms with E-state index in [-0.39, 0.29) is 5.82 Å². The summed E-state index contributed by atoms with van der Waals surface area (Å²) in [6.45, 7) is 1.87. The van der Waals surface area contributed by atoms with Crippen molar-refractivity contribution < 1.29 is 4.39 Å². The molecule has 0 fully saturated rings. The number of hydrogen-bond donors (Lipinski definition) is 0. The van der Waals surface area contributed by atoms with Crippen LogP contribution in [0.25, 0.3) is 0 Å². The highest BCUT2D eigenvalue weighted by Gasteiger charge is 2.17. The smallest absolute Gasteiger partial charge is 0.124 e. The number of halogens is 2. The third kappa shape index (κ3) is 2.66. The van der Waals surface area contributed by atoms with Gasteiger partial charge in [0.15, 0.2) is 0 Å². The third-order valence-corrected chi connectivity index (χ3v) is 4.32. The molecule has 3 heteroatoms. The second-order valence-electron chi connectivity index (χ2n) is 4.89. The normalized spacial score (nSPS) is 14.3. The summed E-state index contributed by atoms with van der Waals surface area (Å²) < 4.78 is 14.0. The van der Waals surface area contributed by atoms with E-state index in [1.807, 2.05) is 6.07 Å². The van der Waals surface area contributed by atoms with Gasteiger partial charge in [0.25, 0.3) is 0 Å². The van der Waals surface area contributed by atoms with Crippen LogP contribution >= 0.6 is 15.9 Å². The fourth-order valence-electron chi connectivity index (χ4n) is 2.63. The Morgan fingerprint density at radius 2 is 2.00 bits per heavy atom. The van der Waals surface area contributed by atoms with Crippen LogP contribution in [0.4, 0.5) is 10.1 Å². The molecule has 0 amide bonds. The molecule has 0 aliphatic carbocycles. The van der Waals surface area contributed by atoms with Crippen molar-refractivity contribution in [2.45, 2.75) is 19.4 Å². The molecule has 2 aromatic rings. The number of aryl methyl sites for hydroxylation is 1. The first-order valence-corrected chi connectivity index (χ1v) is 7.30. The van der Waals surface area contributed by atoms with Crippen LogP contribution in [0.2, 0.25) is 0 Å². The molecule has 0 saturated carbocycles. The minimum Gasteiger partial charge on any atom is -0.367 e. The Morgan fingerprint density at radius 3 is 2.84 bits per heavy atom. The van der Waals surface area contributed by atoms with Crippen LogP contribution in [0.3, 0.4) is 0 Å². The lowest BCUT2D eigenvalue weighted by Crippen LogP contribution is -2.28. The Morgan fingerprint density at radius 1 is 1.16 bits per heavy atom. The van der Waals surface area contributed by atoms with Gasteiger partial charge in [0, 0.05) is 23.2 Å². The molecule has 1 nitrogen and oxygen atoms in total. The molecule has 2 aromatic carbocycles. The molecule has 0 bridgehead atoms. The van der Waals surface area contributed by atoms with E-state index in [0.29, 0.717) is 0 Å². The summed E-state index contributed by atoms with van der Waals surface area (Å²) in [5.41, 5.74) is 3.84. The maximum absolute atomic E-state index is 13.1. The molecule has 0 N–H and O–H groups in total. The number of rotatable bonds is 2. The van der Waals surface area contributed by atoms with Crippen LogP contribution in [0.15, 0.2) is 46.9 Å². The molecule has 1 aliphatic heterocycles. The molecular formula is C16H15BrFN. The van der Waals surface area contributed by atoms with Crippen molar-refractivity contribution in [3.63, 3.8) is 0 Å². The molecule has 0 atom stereocenters. The Balaban J connectivity index is 1.88. The maximum atomic E-state index is 13.1. The fraction of sp³-hybridized carbons (Fsp3) is 0.250. The van der Waals surface area contributed by atoms with Crippen LogP contribution in [0.1, 0.15) is 17.5 Å². The zero-order valence-corrected chi connectivity index (χ0v) is 12.2. The van der Waals surface area contributed by atoms with Gasteiger partial charge in [0.1, 0.15) is 5.82 Å². The summed E-state index contributed by atoms with van der Waals surface area (Å²) in [7, 11) is 0. The van der Waals surface area contributed by atoms with E-state index in [4.69, 9.17) is 0 Å². The number of fused-ring (bicyclic) bond motifs is 1. The van der Waals surface area contributed by atoms with Gasteiger partial charge in [-0.2, -0.15) is 0 Å². The van der Waals surface area contributed by atoms with Gasteiger partial charge in [0.2, 0.25) is 0 Å². The van der Waals surface area contributed by atoms with Crippen molar-refractivity contribution in [1.82, 2.24) is 0 Å². The average Bonchev–Trinajstić information content (AvgIpc) is 2.42. The van der Waals surface area contributed by atoms with Crippen molar-refractivity contribution in [1.29, 1.82) is 0 Å². The molecule has 1 heterocycles. The first-order chi connectivity index (χ1) is 9.24. The molecule has 1 aliphatic rings. The Kier molecular flexibility index (Phi) is 3.56. The topological polar surface area (TPSA) is 3.24 Å². The second kappa shape index (κ2) is 5.33. The number of para-hydroxylation sites is 1. The van der Waals surface area contributed by atoms with Gasteiger partial charge in [-0.15, -0.1) is 0 Å². The SMILES string of the molecule is Fc1ccc(CN2CCCc3ccccc32)c(Br)c1. The van der Waals surface area contributed by atoms with Crippen molar-refractivity contribution in [2.24, 2.45) is 0 Å². The van der Waals surface area contributed by atoms with E-state index in [1.165, 1.54) is 29.8 Å². The van der Waals surface area contributed by atoms with Gasteiger partial charge >= 0.3 is 0 Å². The van der Waals surface area contributed by atoms with Gasteiger partial charge < -0.3 is 4.90 Å². The van der Waals surface area contributed by atoms with Gasteiger partial charge in [0.05, 0.1) is 0 Å². The lowest BCUT2D eigenvalue weighted by molar-refractivity contribution is 0.624. The number of nitrogens with zero attached hydrogens (tertiary/aromatic N) is 1. The first kappa shape index (κ1) is 12.7. The van der Waals surface area contributed by atoms with Gasteiger partial charge in [-0.25, -0.2) is 4.39 Å². The molecule has 0 radical (unpaired) electrons. The van der Waals surface area contributed by atoms with E-state index >= 15 is 0 Å². The van der Waals surface area contributed by atoms with E-state index in [9.17, 15) is 4.39 Å². The van der Waals surface area contributed by atoms with E-state index in [2.05, 4.69) is 45.1 Å². The maximum Gasteiger partial charge on any atom is 0.124 e. The Bertz CT molecular complexity index is 597. The third-order valence-electron chi connectivity index (χ3n) is 3.58. The van der Waals surface area contributed by atoms with Crippen LogP contribution in [0, 0.1) is 5.82 Å². The van der Waals surface area contributed by atoms with E-state index < -0.39 is 0 Å². The van der Waals surface area contributed by atoms with Crippen LogP contribution in [0.5, 0.6) is 0 Å². The monoisotopic (exact) mass is 319 g/mol. The van der Waals surface area contributed by atoms with Crippen molar-refractivity contribution >= 4 is 21.6 Å². The molecule has 0 saturated heterocycles. The molecule has 0 spiro atoms. The first-order valence-electron chi connectivity index (χ1n) is 6.51. The van der Waals surface area contributed by atoms with E-state index in [0.717, 1.165) is 29.5 Å². The van der Waals surface area contributed by atoms with E-state index in [1.54, 1.807) is 0 Å². The highest BCUT2D eigenvalue weighted by atomic mass is 79.9. The molecule has 19 heavy (non-hydrogen) atoms. The number of anilines is 1.